The van der Waals surface area contributed by atoms with Gasteiger partial charge in [-0.25, -0.2) is 0 Å². The molecule has 156 valence electrons. The number of ether oxygens (including phenoxy) is 1. The molecule has 0 aliphatic rings. The number of ketones is 1. The van der Waals surface area contributed by atoms with Gasteiger partial charge >= 0.3 is 6.18 Å². The standard InChI is InChI=1S/C21H22F3NO4/c1-14(26)5-6-15-7-9-18(10-8-15)29-13-20(28)25-12-19(27)16-3-2-4-17(11-16)21(22,23)24/h2-4,7-11,19,27H,5-6,12-13H2,1H3,(H,25,28). The summed E-state index contributed by atoms with van der Waals surface area (Å²) in [6, 6.07) is 11.3. The van der Waals surface area contributed by atoms with E-state index >= 15 is 0 Å². The molecule has 1 atom stereocenters. The second kappa shape index (κ2) is 10.1. The van der Waals surface area contributed by atoms with Crippen molar-refractivity contribution in [3.8, 4) is 5.75 Å². The van der Waals surface area contributed by atoms with Crippen LogP contribution in [0.2, 0.25) is 0 Å². The van der Waals surface area contributed by atoms with Gasteiger partial charge in [0.15, 0.2) is 6.61 Å². The molecule has 0 fully saturated rings. The van der Waals surface area contributed by atoms with Crippen LogP contribution in [0.15, 0.2) is 48.5 Å². The van der Waals surface area contributed by atoms with Crippen LogP contribution in [-0.2, 0) is 22.2 Å². The van der Waals surface area contributed by atoms with Crippen LogP contribution in [0.25, 0.3) is 0 Å². The molecule has 8 heteroatoms. The van der Waals surface area contributed by atoms with E-state index in [9.17, 15) is 27.9 Å². The van der Waals surface area contributed by atoms with Crippen molar-refractivity contribution in [3.63, 3.8) is 0 Å². The molecule has 2 aromatic rings. The van der Waals surface area contributed by atoms with Gasteiger partial charge in [0, 0.05) is 13.0 Å². The second-order valence-corrected chi connectivity index (χ2v) is 6.58. The maximum atomic E-state index is 12.7. The van der Waals surface area contributed by atoms with Crippen LogP contribution in [0, 0.1) is 0 Å². The molecule has 1 unspecified atom stereocenters. The van der Waals surface area contributed by atoms with Gasteiger partial charge < -0.3 is 20.0 Å². The maximum absolute atomic E-state index is 12.7. The molecule has 0 saturated heterocycles. The minimum Gasteiger partial charge on any atom is -0.484 e. The van der Waals surface area contributed by atoms with E-state index < -0.39 is 23.8 Å². The van der Waals surface area contributed by atoms with Gasteiger partial charge in [-0.1, -0.05) is 24.3 Å². The van der Waals surface area contributed by atoms with E-state index in [1.807, 2.05) is 0 Å². The molecule has 2 N–H and O–H groups in total. The number of carbonyl (C=O) groups is 2. The van der Waals surface area contributed by atoms with Crippen LogP contribution >= 0.6 is 0 Å². The highest BCUT2D eigenvalue weighted by Crippen LogP contribution is 2.30. The number of Topliss-reactive ketones (excluding diaryl/α,β-unsaturated/α-hetero) is 1. The lowest BCUT2D eigenvalue weighted by molar-refractivity contribution is -0.137. The molecule has 5 nitrogen and oxygen atoms in total. The minimum atomic E-state index is -4.51. The number of aliphatic hydroxyl groups is 1. The van der Waals surface area contributed by atoms with Gasteiger partial charge in [0.1, 0.15) is 11.5 Å². The topological polar surface area (TPSA) is 75.6 Å². The fourth-order valence-electron chi connectivity index (χ4n) is 2.52. The Morgan fingerprint density at radius 3 is 2.45 bits per heavy atom. The first-order chi connectivity index (χ1) is 13.6. The molecule has 0 saturated carbocycles. The van der Waals surface area contributed by atoms with Crippen molar-refractivity contribution in [3.05, 3.63) is 65.2 Å². The predicted molar refractivity (Wildman–Crippen MR) is 100 cm³/mol. The number of alkyl halides is 3. The quantitative estimate of drug-likeness (QED) is 0.665. The molecule has 0 radical (unpaired) electrons. The van der Waals surface area contributed by atoms with Crippen LogP contribution in [-0.4, -0.2) is 29.9 Å². The molecular formula is C21H22F3NO4. The first-order valence-electron chi connectivity index (χ1n) is 8.98. The van der Waals surface area contributed by atoms with E-state index in [2.05, 4.69) is 5.32 Å². The third kappa shape index (κ3) is 7.57. The number of rotatable bonds is 9. The first kappa shape index (κ1) is 22.4. The van der Waals surface area contributed by atoms with Crippen LogP contribution in [0.3, 0.4) is 0 Å². The Labute approximate surface area is 166 Å². The molecule has 0 aliphatic heterocycles. The average Bonchev–Trinajstić information content (AvgIpc) is 2.69. The van der Waals surface area contributed by atoms with Gasteiger partial charge in [-0.2, -0.15) is 13.2 Å². The van der Waals surface area contributed by atoms with Gasteiger partial charge in [0.2, 0.25) is 0 Å². The molecule has 0 aliphatic carbocycles. The zero-order chi connectivity index (χ0) is 21.4. The third-order valence-corrected chi connectivity index (χ3v) is 4.15. The molecule has 0 aromatic heterocycles. The van der Waals surface area contributed by atoms with Crippen molar-refractivity contribution in [2.75, 3.05) is 13.2 Å². The van der Waals surface area contributed by atoms with Crippen molar-refractivity contribution in [2.45, 2.75) is 32.0 Å². The number of hydrogen-bond acceptors (Lipinski definition) is 4. The highest BCUT2D eigenvalue weighted by molar-refractivity contribution is 5.77. The number of carbonyl (C=O) groups excluding carboxylic acids is 2. The van der Waals surface area contributed by atoms with E-state index in [4.69, 9.17) is 4.74 Å². The van der Waals surface area contributed by atoms with Gasteiger partial charge in [0.25, 0.3) is 5.91 Å². The predicted octanol–water partition coefficient (Wildman–Crippen LogP) is 3.46. The largest absolute Gasteiger partial charge is 0.484 e. The van der Waals surface area contributed by atoms with Crippen molar-refractivity contribution < 1.29 is 32.6 Å². The number of nitrogens with one attached hydrogen (secondary N) is 1. The van der Waals surface area contributed by atoms with E-state index in [1.54, 1.807) is 24.3 Å². The number of halogens is 3. The molecule has 0 spiro atoms. The van der Waals surface area contributed by atoms with E-state index in [1.165, 1.54) is 19.1 Å². The van der Waals surface area contributed by atoms with Crippen molar-refractivity contribution in [1.29, 1.82) is 0 Å². The average molecular weight is 409 g/mol. The monoisotopic (exact) mass is 409 g/mol. The number of benzene rings is 2. The fraction of sp³-hybridized carbons (Fsp3) is 0.333. The van der Waals surface area contributed by atoms with Crippen LogP contribution in [0.5, 0.6) is 5.75 Å². The van der Waals surface area contributed by atoms with E-state index in [0.29, 0.717) is 18.6 Å². The van der Waals surface area contributed by atoms with Crippen LogP contribution < -0.4 is 10.1 Å². The maximum Gasteiger partial charge on any atom is 0.416 e. The summed E-state index contributed by atoms with van der Waals surface area (Å²) >= 11 is 0. The van der Waals surface area contributed by atoms with Gasteiger partial charge in [-0.05, 0) is 48.7 Å². The van der Waals surface area contributed by atoms with Crippen LogP contribution in [0.4, 0.5) is 13.2 Å². The number of hydrogen-bond donors (Lipinski definition) is 2. The Morgan fingerprint density at radius 1 is 1.14 bits per heavy atom. The number of aryl methyl sites for hydroxylation is 1. The molecule has 2 rings (SSSR count). The molecule has 29 heavy (non-hydrogen) atoms. The summed E-state index contributed by atoms with van der Waals surface area (Å²) in [5.74, 6) is 0.0520. The lowest BCUT2D eigenvalue weighted by Gasteiger charge is -2.15. The summed E-state index contributed by atoms with van der Waals surface area (Å²) in [4.78, 5) is 22.8. The zero-order valence-corrected chi connectivity index (χ0v) is 15.8. The van der Waals surface area contributed by atoms with Crippen molar-refractivity contribution >= 4 is 11.7 Å². The molecule has 0 bridgehead atoms. The molecule has 0 heterocycles. The highest BCUT2D eigenvalue weighted by atomic mass is 19.4. The Balaban J connectivity index is 1.79. The normalized spacial score (nSPS) is 12.3. The molecule has 2 aromatic carbocycles. The third-order valence-electron chi connectivity index (χ3n) is 4.15. The van der Waals surface area contributed by atoms with Gasteiger partial charge in [0.05, 0.1) is 11.7 Å². The summed E-state index contributed by atoms with van der Waals surface area (Å²) in [6.07, 6.45) is -4.70. The number of aliphatic hydroxyl groups excluding tert-OH is 1. The number of amides is 1. The highest BCUT2D eigenvalue weighted by Gasteiger charge is 2.30. The Kier molecular flexibility index (Phi) is 7.78. The lowest BCUT2D eigenvalue weighted by Crippen LogP contribution is -2.32. The summed E-state index contributed by atoms with van der Waals surface area (Å²) < 4.78 is 43.5. The summed E-state index contributed by atoms with van der Waals surface area (Å²) in [5.41, 5.74) is 0.166. The SMILES string of the molecule is CC(=O)CCc1ccc(OCC(=O)NCC(O)c2cccc(C(F)(F)F)c2)cc1. The van der Waals surface area contributed by atoms with Gasteiger partial charge in [-0.3, -0.25) is 4.79 Å². The Hall–Kier alpha value is -2.87. The summed E-state index contributed by atoms with van der Waals surface area (Å²) in [6.45, 7) is 0.982. The Bertz CT molecular complexity index is 835. The van der Waals surface area contributed by atoms with Crippen molar-refractivity contribution in [2.24, 2.45) is 0 Å². The zero-order valence-electron chi connectivity index (χ0n) is 15.8. The second-order valence-electron chi connectivity index (χ2n) is 6.58. The smallest absolute Gasteiger partial charge is 0.416 e. The van der Waals surface area contributed by atoms with E-state index in [0.717, 1.165) is 17.7 Å². The lowest BCUT2D eigenvalue weighted by atomic mass is 10.1. The summed E-state index contributed by atoms with van der Waals surface area (Å²) in [5, 5.41) is 12.4. The van der Waals surface area contributed by atoms with Gasteiger partial charge in [-0.15, -0.1) is 0 Å². The fourth-order valence-corrected chi connectivity index (χ4v) is 2.52. The Morgan fingerprint density at radius 2 is 1.83 bits per heavy atom. The minimum absolute atomic E-state index is 0.0576. The van der Waals surface area contributed by atoms with Crippen molar-refractivity contribution in [1.82, 2.24) is 5.32 Å². The molecule has 1 amide bonds. The van der Waals surface area contributed by atoms with E-state index in [-0.39, 0.29) is 24.5 Å². The molecular weight excluding hydrogens is 387 g/mol. The summed E-state index contributed by atoms with van der Waals surface area (Å²) in [7, 11) is 0. The first-order valence-corrected chi connectivity index (χ1v) is 8.98. The van der Waals surface area contributed by atoms with Crippen LogP contribution in [0.1, 0.15) is 36.1 Å².